The summed E-state index contributed by atoms with van der Waals surface area (Å²) in [4.78, 5) is 14.2. The van der Waals surface area contributed by atoms with Crippen LogP contribution in [0.25, 0.3) is 0 Å². The summed E-state index contributed by atoms with van der Waals surface area (Å²) >= 11 is 0. The van der Waals surface area contributed by atoms with Gasteiger partial charge in [0.2, 0.25) is 0 Å². The maximum absolute atomic E-state index is 10.2. The summed E-state index contributed by atoms with van der Waals surface area (Å²) < 4.78 is 0. The summed E-state index contributed by atoms with van der Waals surface area (Å²) in [7, 11) is 0. The zero-order valence-electron chi connectivity index (χ0n) is 7.24. The van der Waals surface area contributed by atoms with Gasteiger partial charge in [-0.25, -0.2) is 0 Å². The average Bonchev–Trinajstić information content (AvgIpc) is 2.08. The van der Waals surface area contributed by atoms with Crippen LogP contribution in [-0.2, 0) is 4.79 Å². The summed E-state index contributed by atoms with van der Waals surface area (Å²) in [5.41, 5.74) is 1.60. The Morgan fingerprint density at radius 3 is 3.08 bits per heavy atom. The first-order valence-electron chi connectivity index (χ1n) is 3.82. The van der Waals surface area contributed by atoms with E-state index in [2.05, 4.69) is 16.8 Å². The number of nitrogens with zero attached hydrogens (tertiary/aromatic N) is 1. The van der Waals surface area contributed by atoms with Crippen molar-refractivity contribution in [2.24, 2.45) is 0 Å². The number of aromatic nitrogens is 1. The van der Waals surface area contributed by atoms with Crippen molar-refractivity contribution in [3.63, 3.8) is 0 Å². The van der Waals surface area contributed by atoms with E-state index in [1.54, 1.807) is 12.3 Å². The van der Waals surface area contributed by atoms with Gasteiger partial charge < -0.3 is 5.11 Å². The van der Waals surface area contributed by atoms with Crippen LogP contribution in [0.5, 0.6) is 0 Å². The van der Waals surface area contributed by atoms with Crippen molar-refractivity contribution < 1.29 is 9.90 Å². The summed E-state index contributed by atoms with van der Waals surface area (Å²) in [5.74, 6) is 4.40. The van der Waals surface area contributed by atoms with E-state index in [1.807, 2.05) is 13.0 Å². The van der Waals surface area contributed by atoms with Crippen LogP contribution in [0.15, 0.2) is 18.3 Å². The lowest BCUT2D eigenvalue weighted by Gasteiger charge is -1.93. The van der Waals surface area contributed by atoms with Gasteiger partial charge in [0.25, 0.3) is 0 Å². The molecule has 66 valence electrons. The minimum absolute atomic E-state index is 0.131. The second-order valence-corrected chi connectivity index (χ2v) is 2.51. The van der Waals surface area contributed by atoms with Gasteiger partial charge in [0.1, 0.15) is 6.42 Å². The number of pyridine rings is 1. The molecule has 0 unspecified atom stereocenters. The predicted octanol–water partition coefficient (Wildman–Crippen LogP) is 1.22. The van der Waals surface area contributed by atoms with Crippen molar-refractivity contribution in [1.29, 1.82) is 0 Å². The highest BCUT2D eigenvalue weighted by molar-refractivity contribution is 5.70. The van der Waals surface area contributed by atoms with Gasteiger partial charge in [-0.1, -0.05) is 11.8 Å². The molecule has 0 radical (unpaired) electrons. The molecule has 0 aliphatic rings. The number of rotatable bonds is 1. The van der Waals surface area contributed by atoms with E-state index < -0.39 is 5.97 Å². The quantitative estimate of drug-likeness (QED) is 0.653. The number of carboxylic acid groups (broad SMARTS) is 1. The molecule has 1 N–H and O–H groups in total. The molecular formula is C10H9NO2. The molecule has 0 saturated heterocycles. The van der Waals surface area contributed by atoms with Crippen LogP contribution < -0.4 is 0 Å². The molecule has 1 heterocycles. The van der Waals surface area contributed by atoms with Crippen molar-refractivity contribution in [3.8, 4) is 11.8 Å². The van der Waals surface area contributed by atoms with Gasteiger partial charge >= 0.3 is 5.97 Å². The number of hydrogen-bond donors (Lipinski definition) is 1. The van der Waals surface area contributed by atoms with E-state index in [1.165, 1.54) is 0 Å². The molecule has 0 atom stereocenters. The SMILES string of the molecule is Cc1ncccc1C#CCC(=O)O. The number of aryl methyl sites for hydroxylation is 1. The maximum Gasteiger partial charge on any atom is 0.315 e. The third-order valence-electron chi connectivity index (χ3n) is 1.47. The Balaban J connectivity index is 2.77. The Kier molecular flexibility index (Phi) is 3.04. The van der Waals surface area contributed by atoms with Crippen LogP contribution in [-0.4, -0.2) is 16.1 Å². The van der Waals surface area contributed by atoms with Gasteiger partial charge in [-0.05, 0) is 19.1 Å². The van der Waals surface area contributed by atoms with Crippen LogP contribution in [0.3, 0.4) is 0 Å². The van der Waals surface area contributed by atoms with Crippen molar-refractivity contribution in [1.82, 2.24) is 4.98 Å². The number of hydrogen-bond acceptors (Lipinski definition) is 2. The first kappa shape index (κ1) is 9.27. The van der Waals surface area contributed by atoms with Crippen LogP contribution in [0.4, 0.5) is 0 Å². The van der Waals surface area contributed by atoms with Crippen molar-refractivity contribution >= 4 is 5.97 Å². The third-order valence-corrected chi connectivity index (χ3v) is 1.47. The summed E-state index contributed by atoms with van der Waals surface area (Å²) in [6.07, 6.45) is 1.55. The lowest BCUT2D eigenvalue weighted by atomic mass is 10.2. The number of aliphatic carboxylic acids is 1. The fourth-order valence-corrected chi connectivity index (χ4v) is 0.831. The van der Waals surface area contributed by atoms with Crippen LogP contribution in [0.2, 0.25) is 0 Å². The van der Waals surface area contributed by atoms with E-state index in [-0.39, 0.29) is 6.42 Å². The van der Waals surface area contributed by atoms with Crippen molar-refractivity contribution in [3.05, 3.63) is 29.6 Å². The van der Waals surface area contributed by atoms with Gasteiger partial charge in [-0.15, -0.1) is 0 Å². The van der Waals surface area contributed by atoms with Gasteiger partial charge in [0.15, 0.2) is 0 Å². The first-order valence-corrected chi connectivity index (χ1v) is 3.82. The largest absolute Gasteiger partial charge is 0.481 e. The Bertz CT molecular complexity index is 374. The van der Waals surface area contributed by atoms with Crippen LogP contribution in [0.1, 0.15) is 17.7 Å². The first-order chi connectivity index (χ1) is 6.20. The highest BCUT2D eigenvalue weighted by Gasteiger charge is 1.93. The highest BCUT2D eigenvalue weighted by atomic mass is 16.4. The van der Waals surface area contributed by atoms with Gasteiger partial charge in [-0.3, -0.25) is 9.78 Å². The fraction of sp³-hybridized carbons (Fsp3) is 0.200. The summed E-state index contributed by atoms with van der Waals surface area (Å²) in [5, 5.41) is 8.34. The van der Waals surface area contributed by atoms with E-state index in [0.717, 1.165) is 11.3 Å². The zero-order valence-corrected chi connectivity index (χ0v) is 7.24. The molecule has 3 heteroatoms. The predicted molar refractivity (Wildman–Crippen MR) is 48.1 cm³/mol. The third kappa shape index (κ3) is 2.96. The molecule has 0 bridgehead atoms. The molecule has 0 spiro atoms. The molecule has 0 aromatic carbocycles. The Morgan fingerprint density at radius 2 is 2.46 bits per heavy atom. The van der Waals surface area contributed by atoms with Crippen molar-refractivity contribution in [2.75, 3.05) is 0 Å². The average molecular weight is 175 g/mol. The summed E-state index contributed by atoms with van der Waals surface area (Å²) in [6, 6.07) is 3.59. The Morgan fingerprint density at radius 1 is 1.69 bits per heavy atom. The molecular weight excluding hydrogens is 166 g/mol. The second kappa shape index (κ2) is 4.27. The molecule has 0 amide bonds. The molecule has 13 heavy (non-hydrogen) atoms. The smallest absolute Gasteiger partial charge is 0.315 e. The minimum atomic E-state index is -0.908. The normalized spacial score (nSPS) is 8.69. The van der Waals surface area contributed by atoms with E-state index >= 15 is 0 Å². The van der Waals surface area contributed by atoms with Crippen LogP contribution >= 0.6 is 0 Å². The highest BCUT2D eigenvalue weighted by Crippen LogP contribution is 2.00. The van der Waals surface area contributed by atoms with E-state index in [4.69, 9.17) is 5.11 Å². The molecule has 1 aromatic rings. The molecule has 0 fully saturated rings. The van der Waals surface area contributed by atoms with Crippen molar-refractivity contribution in [2.45, 2.75) is 13.3 Å². The van der Waals surface area contributed by atoms with Crippen LogP contribution in [0, 0.1) is 18.8 Å². The number of carbonyl (C=O) groups is 1. The molecule has 1 aromatic heterocycles. The topological polar surface area (TPSA) is 50.2 Å². The van der Waals surface area contributed by atoms with Gasteiger partial charge in [-0.2, -0.15) is 0 Å². The molecule has 3 nitrogen and oxygen atoms in total. The monoisotopic (exact) mass is 175 g/mol. The lowest BCUT2D eigenvalue weighted by Crippen LogP contribution is -1.91. The van der Waals surface area contributed by atoms with Gasteiger partial charge in [0, 0.05) is 11.8 Å². The molecule has 0 saturated carbocycles. The standard InChI is InChI=1S/C10H9NO2/c1-8-9(5-3-7-11-8)4-2-6-10(12)13/h3,5,7H,6H2,1H3,(H,12,13). The lowest BCUT2D eigenvalue weighted by molar-refractivity contribution is -0.135. The number of carboxylic acids is 1. The molecule has 1 rings (SSSR count). The Hall–Kier alpha value is -1.82. The summed E-state index contributed by atoms with van der Waals surface area (Å²) in [6.45, 7) is 1.84. The maximum atomic E-state index is 10.2. The molecule has 0 aliphatic carbocycles. The zero-order chi connectivity index (χ0) is 9.68. The van der Waals surface area contributed by atoms with Gasteiger partial charge in [0.05, 0.1) is 5.69 Å². The Labute approximate surface area is 76.4 Å². The molecule has 0 aliphatic heterocycles. The second-order valence-electron chi connectivity index (χ2n) is 2.51. The van der Waals surface area contributed by atoms with E-state index in [9.17, 15) is 4.79 Å². The minimum Gasteiger partial charge on any atom is -0.481 e. The van der Waals surface area contributed by atoms with E-state index in [0.29, 0.717) is 0 Å². The fourth-order valence-electron chi connectivity index (χ4n) is 0.831.